The van der Waals surface area contributed by atoms with Crippen molar-refractivity contribution in [2.24, 2.45) is 0 Å². The largest absolute Gasteiger partial charge is 0.0651 e. The molecule has 0 nitrogen and oxygen atoms in total. The minimum Gasteiger partial charge on any atom is -0.0651 e. The van der Waals surface area contributed by atoms with Crippen LogP contribution in [0, 0.1) is 0 Å². The molecule has 0 aliphatic heterocycles. The summed E-state index contributed by atoms with van der Waals surface area (Å²) in [4.78, 5) is 0. The van der Waals surface area contributed by atoms with Gasteiger partial charge in [0.15, 0.2) is 0 Å². The average Bonchev–Trinajstić information content (AvgIpc) is 2.66. The van der Waals surface area contributed by atoms with E-state index in [-0.39, 0.29) is 0 Å². The number of aryl methyl sites for hydroxylation is 2. The third kappa shape index (κ3) is 3.95. The molecular weight excluding hydrogens is 324 g/mol. The Hall–Kier alpha value is -2.08. The van der Waals surface area contributed by atoms with Crippen LogP contribution in [0.5, 0.6) is 0 Å². The Morgan fingerprint density at radius 2 is 1.33 bits per heavy atom. The number of rotatable bonds is 6. The fourth-order valence-electron chi connectivity index (χ4n) is 4.12. The van der Waals surface area contributed by atoms with Crippen LogP contribution in [-0.4, -0.2) is 0 Å². The predicted molar refractivity (Wildman–Crippen MR) is 121 cm³/mol. The predicted octanol–water partition coefficient (Wildman–Crippen LogP) is 8.27. The summed E-state index contributed by atoms with van der Waals surface area (Å²) in [6.07, 6.45) is 3.38. The van der Waals surface area contributed by atoms with Crippen molar-refractivity contribution in [3.8, 4) is 11.1 Å². The summed E-state index contributed by atoms with van der Waals surface area (Å²) in [5, 5.41) is 2.78. The molecule has 142 valence electrons. The van der Waals surface area contributed by atoms with Gasteiger partial charge in [-0.3, -0.25) is 0 Å². The maximum absolute atomic E-state index is 2.44. The van der Waals surface area contributed by atoms with Gasteiger partial charge < -0.3 is 0 Å². The molecule has 0 aromatic heterocycles. The standard InChI is InChI=1S/C27H34/c1-7-9-22-16-20(18(3)4)11-14-26(22)27-15-12-23-17-21(19(5)6)10-13-25(23)24(27)8-2/h10-19H,7-9H2,1-6H3. The van der Waals surface area contributed by atoms with Gasteiger partial charge in [-0.2, -0.15) is 0 Å². The first kappa shape index (κ1) is 19.7. The molecule has 0 fully saturated rings. The van der Waals surface area contributed by atoms with Crippen LogP contribution < -0.4 is 0 Å². The highest BCUT2D eigenvalue weighted by Gasteiger charge is 2.14. The number of hydrogen-bond donors (Lipinski definition) is 0. The van der Waals surface area contributed by atoms with Crippen LogP contribution >= 0.6 is 0 Å². The molecule has 3 aromatic rings. The number of hydrogen-bond acceptors (Lipinski definition) is 0. The van der Waals surface area contributed by atoms with Crippen molar-refractivity contribution in [2.75, 3.05) is 0 Å². The molecule has 0 unspecified atom stereocenters. The van der Waals surface area contributed by atoms with Crippen molar-refractivity contribution >= 4 is 10.8 Å². The third-order valence-corrected chi connectivity index (χ3v) is 5.78. The smallest absolute Gasteiger partial charge is 0.0143 e. The van der Waals surface area contributed by atoms with Crippen molar-refractivity contribution in [3.05, 3.63) is 70.8 Å². The van der Waals surface area contributed by atoms with E-state index in [0.717, 1.165) is 12.8 Å². The first-order chi connectivity index (χ1) is 13.0. The van der Waals surface area contributed by atoms with Gasteiger partial charge in [0.25, 0.3) is 0 Å². The Bertz CT molecular complexity index is 928. The zero-order chi connectivity index (χ0) is 19.6. The van der Waals surface area contributed by atoms with Crippen LogP contribution in [0.15, 0.2) is 48.5 Å². The summed E-state index contributed by atoms with van der Waals surface area (Å²) in [5.74, 6) is 1.14. The van der Waals surface area contributed by atoms with Crippen LogP contribution in [0.2, 0.25) is 0 Å². The second-order valence-corrected chi connectivity index (χ2v) is 8.40. The van der Waals surface area contributed by atoms with E-state index in [1.807, 2.05) is 0 Å². The molecule has 0 N–H and O–H groups in total. The van der Waals surface area contributed by atoms with Gasteiger partial charge in [0.1, 0.15) is 0 Å². The second kappa shape index (κ2) is 8.30. The summed E-state index contributed by atoms with van der Waals surface area (Å²) in [6, 6.07) is 18.8. The molecule has 0 heteroatoms. The molecule has 0 saturated carbocycles. The fraction of sp³-hybridized carbons (Fsp3) is 0.407. The Morgan fingerprint density at radius 3 is 1.96 bits per heavy atom. The van der Waals surface area contributed by atoms with Gasteiger partial charge in [-0.15, -0.1) is 0 Å². The molecule has 3 rings (SSSR count). The highest BCUT2D eigenvalue weighted by Crippen LogP contribution is 2.35. The molecule has 0 bridgehead atoms. The van der Waals surface area contributed by atoms with Crippen LogP contribution in [0.1, 0.15) is 82.1 Å². The molecule has 0 aliphatic rings. The lowest BCUT2D eigenvalue weighted by Gasteiger charge is -2.18. The van der Waals surface area contributed by atoms with E-state index in [4.69, 9.17) is 0 Å². The first-order valence-corrected chi connectivity index (χ1v) is 10.6. The van der Waals surface area contributed by atoms with Gasteiger partial charge in [0.05, 0.1) is 0 Å². The highest BCUT2D eigenvalue weighted by atomic mass is 14.2. The van der Waals surface area contributed by atoms with Crippen LogP contribution in [-0.2, 0) is 12.8 Å². The molecule has 0 heterocycles. The summed E-state index contributed by atoms with van der Waals surface area (Å²) >= 11 is 0. The summed E-state index contributed by atoms with van der Waals surface area (Å²) < 4.78 is 0. The third-order valence-electron chi connectivity index (χ3n) is 5.78. The highest BCUT2D eigenvalue weighted by molar-refractivity contribution is 5.93. The zero-order valence-corrected chi connectivity index (χ0v) is 17.9. The van der Waals surface area contributed by atoms with Gasteiger partial charge >= 0.3 is 0 Å². The van der Waals surface area contributed by atoms with Gasteiger partial charge in [0, 0.05) is 0 Å². The van der Waals surface area contributed by atoms with Gasteiger partial charge in [-0.25, -0.2) is 0 Å². The van der Waals surface area contributed by atoms with Crippen molar-refractivity contribution in [2.45, 2.75) is 72.6 Å². The van der Waals surface area contributed by atoms with E-state index in [1.54, 1.807) is 0 Å². The monoisotopic (exact) mass is 358 g/mol. The topological polar surface area (TPSA) is 0 Å². The normalized spacial score (nSPS) is 11.7. The Balaban J connectivity index is 2.20. The second-order valence-electron chi connectivity index (χ2n) is 8.40. The maximum Gasteiger partial charge on any atom is -0.0143 e. The first-order valence-electron chi connectivity index (χ1n) is 10.6. The van der Waals surface area contributed by atoms with E-state index in [9.17, 15) is 0 Å². The Morgan fingerprint density at radius 1 is 0.704 bits per heavy atom. The quantitative estimate of drug-likeness (QED) is 0.416. The molecule has 0 atom stereocenters. The summed E-state index contributed by atoms with van der Waals surface area (Å²) in [5.41, 5.74) is 8.69. The van der Waals surface area contributed by atoms with E-state index >= 15 is 0 Å². The minimum atomic E-state index is 0.568. The van der Waals surface area contributed by atoms with E-state index in [1.165, 1.54) is 50.6 Å². The zero-order valence-electron chi connectivity index (χ0n) is 17.9. The van der Waals surface area contributed by atoms with Crippen molar-refractivity contribution in [1.29, 1.82) is 0 Å². The summed E-state index contributed by atoms with van der Waals surface area (Å²) in [7, 11) is 0. The molecule has 0 aliphatic carbocycles. The van der Waals surface area contributed by atoms with Gasteiger partial charge in [0.2, 0.25) is 0 Å². The Labute approximate surface area is 165 Å². The Kier molecular flexibility index (Phi) is 6.05. The van der Waals surface area contributed by atoms with Crippen molar-refractivity contribution in [1.82, 2.24) is 0 Å². The van der Waals surface area contributed by atoms with E-state index < -0.39 is 0 Å². The molecule has 0 amide bonds. The maximum atomic E-state index is 2.44. The lowest BCUT2D eigenvalue weighted by Crippen LogP contribution is -1.98. The van der Waals surface area contributed by atoms with Crippen molar-refractivity contribution in [3.63, 3.8) is 0 Å². The lowest BCUT2D eigenvalue weighted by atomic mass is 9.86. The molecule has 27 heavy (non-hydrogen) atoms. The molecule has 3 aromatic carbocycles. The van der Waals surface area contributed by atoms with Crippen LogP contribution in [0.3, 0.4) is 0 Å². The van der Waals surface area contributed by atoms with Crippen LogP contribution in [0.4, 0.5) is 0 Å². The number of benzene rings is 3. The molecule has 0 radical (unpaired) electrons. The van der Waals surface area contributed by atoms with Gasteiger partial charge in [-0.05, 0) is 68.8 Å². The van der Waals surface area contributed by atoms with Crippen molar-refractivity contribution < 1.29 is 0 Å². The molecule has 0 saturated heterocycles. The van der Waals surface area contributed by atoms with Gasteiger partial charge in [-0.1, -0.05) is 96.5 Å². The average molecular weight is 359 g/mol. The molecular formula is C27H34. The minimum absolute atomic E-state index is 0.568. The molecule has 0 spiro atoms. The van der Waals surface area contributed by atoms with E-state index in [0.29, 0.717) is 11.8 Å². The van der Waals surface area contributed by atoms with E-state index in [2.05, 4.69) is 90.1 Å². The number of fused-ring (bicyclic) bond motifs is 1. The SMILES string of the molecule is CCCc1cc(C(C)C)ccc1-c1ccc2cc(C(C)C)ccc2c1CC. The fourth-order valence-corrected chi connectivity index (χ4v) is 4.12. The van der Waals surface area contributed by atoms with Crippen LogP contribution in [0.25, 0.3) is 21.9 Å². The lowest BCUT2D eigenvalue weighted by molar-refractivity contribution is 0.855. The summed E-state index contributed by atoms with van der Waals surface area (Å²) in [6.45, 7) is 13.7.